The average Bonchev–Trinajstić information content (AvgIpc) is 2.41. The summed E-state index contributed by atoms with van der Waals surface area (Å²) in [7, 11) is 0. The molecule has 0 saturated heterocycles. The number of carboxylic acid groups (broad SMARTS) is 2. The van der Waals surface area contributed by atoms with Crippen molar-refractivity contribution in [1.82, 2.24) is 10.6 Å². The Morgan fingerprint density at radius 3 is 2.09 bits per heavy atom. The van der Waals surface area contributed by atoms with Gasteiger partial charge in [-0.2, -0.15) is 0 Å². The largest absolute Gasteiger partial charge is 0.481 e. The predicted molar refractivity (Wildman–Crippen MR) is 76.9 cm³/mol. The standard InChI is InChI=1S/C13H23N3O6/c1-8(17)15-9(5-6-11(18)19)12(20)16-10(13(21)22)4-2-3-7-14/h9-10H,2-7,14H2,1H3,(H,15,17)(H,16,20)(H,18,19)(H,21,22)/t9-,10-/m0/s1. The number of nitrogens with two attached hydrogens (primary N) is 1. The van der Waals surface area contributed by atoms with Gasteiger partial charge in [0.2, 0.25) is 11.8 Å². The lowest BCUT2D eigenvalue weighted by Gasteiger charge is -2.20. The van der Waals surface area contributed by atoms with Gasteiger partial charge in [0, 0.05) is 13.3 Å². The highest BCUT2D eigenvalue weighted by Crippen LogP contribution is 2.04. The minimum absolute atomic E-state index is 0.115. The van der Waals surface area contributed by atoms with E-state index < -0.39 is 35.8 Å². The molecule has 126 valence electrons. The van der Waals surface area contributed by atoms with Gasteiger partial charge >= 0.3 is 11.9 Å². The highest BCUT2D eigenvalue weighted by molar-refractivity contribution is 5.90. The molecule has 9 nitrogen and oxygen atoms in total. The number of unbranched alkanes of at least 4 members (excludes halogenated alkanes) is 1. The molecule has 0 aliphatic carbocycles. The highest BCUT2D eigenvalue weighted by atomic mass is 16.4. The minimum atomic E-state index is -1.19. The zero-order valence-electron chi connectivity index (χ0n) is 12.5. The van der Waals surface area contributed by atoms with Crippen molar-refractivity contribution in [3.05, 3.63) is 0 Å². The summed E-state index contributed by atoms with van der Waals surface area (Å²) in [6.07, 6.45) is 0.949. The molecule has 2 amide bonds. The van der Waals surface area contributed by atoms with Crippen molar-refractivity contribution in [1.29, 1.82) is 0 Å². The zero-order valence-corrected chi connectivity index (χ0v) is 12.5. The van der Waals surface area contributed by atoms with Crippen LogP contribution in [0.15, 0.2) is 0 Å². The predicted octanol–water partition coefficient (Wildman–Crippen LogP) is -0.946. The molecule has 0 aromatic rings. The van der Waals surface area contributed by atoms with Gasteiger partial charge in [0.15, 0.2) is 0 Å². The van der Waals surface area contributed by atoms with Crippen molar-refractivity contribution >= 4 is 23.8 Å². The Bertz CT molecular complexity index is 413. The van der Waals surface area contributed by atoms with Gasteiger partial charge in [0.25, 0.3) is 0 Å². The van der Waals surface area contributed by atoms with E-state index >= 15 is 0 Å². The van der Waals surface area contributed by atoms with E-state index in [9.17, 15) is 19.2 Å². The molecule has 0 bridgehead atoms. The molecule has 0 rings (SSSR count). The first-order chi connectivity index (χ1) is 10.3. The Morgan fingerprint density at radius 1 is 1.00 bits per heavy atom. The summed E-state index contributed by atoms with van der Waals surface area (Å²) >= 11 is 0. The Hall–Kier alpha value is -2.16. The number of nitrogens with one attached hydrogen (secondary N) is 2. The fraction of sp³-hybridized carbons (Fsp3) is 0.692. The van der Waals surface area contributed by atoms with E-state index in [-0.39, 0.29) is 19.3 Å². The van der Waals surface area contributed by atoms with Gasteiger partial charge in [0.1, 0.15) is 12.1 Å². The van der Waals surface area contributed by atoms with Crippen LogP contribution in [-0.2, 0) is 19.2 Å². The van der Waals surface area contributed by atoms with E-state index in [1.54, 1.807) is 0 Å². The summed E-state index contributed by atoms with van der Waals surface area (Å²) in [4.78, 5) is 44.8. The fourth-order valence-electron chi connectivity index (χ4n) is 1.80. The van der Waals surface area contributed by atoms with Crippen molar-refractivity contribution in [2.24, 2.45) is 5.73 Å². The van der Waals surface area contributed by atoms with E-state index in [0.29, 0.717) is 19.4 Å². The fourth-order valence-corrected chi connectivity index (χ4v) is 1.80. The number of carboxylic acids is 2. The highest BCUT2D eigenvalue weighted by Gasteiger charge is 2.26. The number of amides is 2. The molecule has 0 aromatic carbocycles. The van der Waals surface area contributed by atoms with Crippen molar-refractivity contribution in [3.63, 3.8) is 0 Å². The van der Waals surface area contributed by atoms with E-state index in [2.05, 4.69) is 10.6 Å². The molecule has 0 aliphatic rings. The van der Waals surface area contributed by atoms with Crippen molar-refractivity contribution in [3.8, 4) is 0 Å². The molecule has 0 spiro atoms. The van der Waals surface area contributed by atoms with Crippen molar-refractivity contribution < 1.29 is 29.4 Å². The molecule has 0 radical (unpaired) electrons. The quantitative estimate of drug-likeness (QED) is 0.307. The smallest absolute Gasteiger partial charge is 0.326 e. The first-order valence-electron chi connectivity index (χ1n) is 7.00. The van der Waals surface area contributed by atoms with Gasteiger partial charge in [-0.15, -0.1) is 0 Å². The summed E-state index contributed by atoms with van der Waals surface area (Å²) in [5.74, 6) is -3.51. The molecular formula is C13H23N3O6. The van der Waals surface area contributed by atoms with Crippen LogP contribution in [0.3, 0.4) is 0 Å². The first-order valence-corrected chi connectivity index (χ1v) is 7.00. The molecule has 0 fully saturated rings. The Kier molecular flexibility index (Phi) is 9.51. The summed E-state index contributed by atoms with van der Waals surface area (Å²) in [6, 6.07) is -2.18. The van der Waals surface area contributed by atoms with E-state index in [1.165, 1.54) is 6.92 Å². The molecule has 0 saturated carbocycles. The molecule has 0 unspecified atom stereocenters. The molecule has 2 atom stereocenters. The second kappa shape index (κ2) is 10.6. The molecule has 0 aliphatic heterocycles. The third-order valence-electron chi connectivity index (χ3n) is 2.90. The number of carbonyl (C=O) groups is 4. The van der Waals surface area contributed by atoms with Crippen LogP contribution in [0, 0.1) is 0 Å². The molecule has 0 heterocycles. The lowest BCUT2D eigenvalue weighted by Crippen LogP contribution is -2.51. The number of aliphatic carboxylic acids is 2. The first kappa shape index (κ1) is 19.8. The monoisotopic (exact) mass is 317 g/mol. The molecular weight excluding hydrogens is 294 g/mol. The van der Waals surface area contributed by atoms with Crippen LogP contribution in [0.1, 0.15) is 39.0 Å². The summed E-state index contributed by atoms with van der Waals surface area (Å²) in [5, 5.41) is 22.4. The van der Waals surface area contributed by atoms with Crippen LogP contribution in [0.4, 0.5) is 0 Å². The Morgan fingerprint density at radius 2 is 1.64 bits per heavy atom. The van der Waals surface area contributed by atoms with E-state index in [1.807, 2.05) is 0 Å². The van der Waals surface area contributed by atoms with Gasteiger partial charge in [-0.25, -0.2) is 4.79 Å². The van der Waals surface area contributed by atoms with E-state index in [0.717, 1.165) is 0 Å². The van der Waals surface area contributed by atoms with Crippen molar-refractivity contribution in [2.75, 3.05) is 6.54 Å². The number of hydrogen-bond donors (Lipinski definition) is 5. The molecule has 22 heavy (non-hydrogen) atoms. The van der Waals surface area contributed by atoms with Crippen LogP contribution < -0.4 is 16.4 Å². The maximum Gasteiger partial charge on any atom is 0.326 e. The second-order valence-electron chi connectivity index (χ2n) is 4.87. The second-order valence-corrected chi connectivity index (χ2v) is 4.87. The summed E-state index contributed by atoms with van der Waals surface area (Å²) in [6.45, 7) is 1.62. The maximum absolute atomic E-state index is 12.0. The van der Waals surface area contributed by atoms with Gasteiger partial charge in [-0.3, -0.25) is 14.4 Å². The van der Waals surface area contributed by atoms with Crippen molar-refractivity contribution in [2.45, 2.75) is 51.1 Å². The van der Waals surface area contributed by atoms with Gasteiger partial charge in [-0.1, -0.05) is 0 Å². The van der Waals surface area contributed by atoms with Crippen LogP contribution >= 0.6 is 0 Å². The number of hydrogen-bond acceptors (Lipinski definition) is 5. The topological polar surface area (TPSA) is 159 Å². The molecule has 6 N–H and O–H groups in total. The molecule has 0 aromatic heterocycles. The number of carbonyl (C=O) groups excluding carboxylic acids is 2. The summed E-state index contributed by atoms with van der Waals surface area (Å²) in [5.41, 5.74) is 5.33. The number of rotatable bonds is 11. The lowest BCUT2D eigenvalue weighted by molar-refractivity contribution is -0.143. The van der Waals surface area contributed by atoms with Crippen LogP contribution in [0.2, 0.25) is 0 Å². The Labute approximate surface area is 128 Å². The normalized spacial score (nSPS) is 13.0. The molecule has 9 heteroatoms. The van der Waals surface area contributed by atoms with Crippen LogP contribution in [-0.4, -0.2) is 52.6 Å². The Balaban J connectivity index is 4.68. The van der Waals surface area contributed by atoms with Crippen LogP contribution in [0.5, 0.6) is 0 Å². The SMILES string of the molecule is CC(=O)N[C@@H](CCC(=O)O)C(=O)N[C@@H](CCCCN)C(=O)O. The third kappa shape index (κ3) is 8.90. The zero-order chi connectivity index (χ0) is 17.1. The summed E-state index contributed by atoms with van der Waals surface area (Å²) < 4.78 is 0. The lowest BCUT2D eigenvalue weighted by atomic mass is 10.1. The van der Waals surface area contributed by atoms with Crippen LogP contribution in [0.25, 0.3) is 0 Å². The minimum Gasteiger partial charge on any atom is -0.481 e. The third-order valence-corrected chi connectivity index (χ3v) is 2.90. The average molecular weight is 317 g/mol. The van der Waals surface area contributed by atoms with Gasteiger partial charge in [-0.05, 0) is 32.2 Å². The van der Waals surface area contributed by atoms with Gasteiger partial charge in [0.05, 0.1) is 0 Å². The van der Waals surface area contributed by atoms with E-state index in [4.69, 9.17) is 15.9 Å². The maximum atomic E-state index is 12.0. The van der Waals surface area contributed by atoms with Gasteiger partial charge < -0.3 is 26.6 Å².